The summed E-state index contributed by atoms with van der Waals surface area (Å²) in [5.74, 6) is 0.105. The number of nitrogens with zero attached hydrogens (tertiary/aromatic N) is 3. The van der Waals surface area contributed by atoms with Crippen LogP contribution >= 0.6 is 0 Å². The highest BCUT2D eigenvalue weighted by molar-refractivity contribution is 6.02. The maximum atomic E-state index is 14.1. The molecule has 40 heavy (non-hydrogen) atoms. The van der Waals surface area contributed by atoms with E-state index in [-0.39, 0.29) is 35.2 Å². The van der Waals surface area contributed by atoms with Gasteiger partial charge in [-0.3, -0.25) is 19.8 Å². The van der Waals surface area contributed by atoms with Gasteiger partial charge in [0, 0.05) is 41.5 Å². The Morgan fingerprint density at radius 1 is 1.05 bits per heavy atom. The van der Waals surface area contributed by atoms with Crippen molar-refractivity contribution >= 4 is 17.2 Å². The SMILES string of the molecule is COc1ccc([C@@H]2C(C#N)=C(N)N(c3cc([N+](=O)[O-])ccc3C)C3=C2C(=O)C[C@H](c2ccccc2)C3)c(OC)c1. The second kappa shape index (κ2) is 10.6. The fourth-order valence-electron chi connectivity index (χ4n) is 5.69. The first-order valence-electron chi connectivity index (χ1n) is 12.8. The summed E-state index contributed by atoms with van der Waals surface area (Å²) < 4.78 is 11.0. The van der Waals surface area contributed by atoms with E-state index in [2.05, 4.69) is 6.07 Å². The molecule has 0 radical (unpaired) electrons. The maximum Gasteiger partial charge on any atom is 0.271 e. The average Bonchev–Trinajstić information content (AvgIpc) is 2.97. The molecule has 0 saturated heterocycles. The number of ether oxygens (including phenoxy) is 2. The topological polar surface area (TPSA) is 132 Å². The number of methoxy groups -OCH3 is 2. The first-order chi connectivity index (χ1) is 19.3. The Kier molecular flexibility index (Phi) is 7.01. The van der Waals surface area contributed by atoms with Gasteiger partial charge >= 0.3 is 0 Å². The first-order valence-corrected chi connectivity index (χ1v) is 12.8. The van der Waals surface area contributed by atoms with E-state index in [1.165, 1.54) is 19.2 Å². The van der Waals surface area contributed by atoms with Gasteiger partial charge in [0.2, 0.25) is 0 Å². The lowest BCUT2D eigenvalue weighted by molar-refractivity contribution is -0.384. The van der Waals surface area contributed by atoms with E-state index in [1.807, 2.05) is 37.3 Å². The third-order valence-corrected chi connectivity index (χ3v) is 7.63. The van der Waals surface area contributed by atoms with Crippen LogP contribution in [0.4, 0.5) is 11.4 Å². The molecule has 3 aromatic carbocycles. The summed E-state index contributed by atoms with van der Waals surface area (Å²) in [6, 6.07) is 21.7. The second-order valence-corrected chi connectivity index (χ2v) is 9.81. The number of allylic oxidation sites excluding steroid dienone is 3. The van der Waals surface area contributed by atoms with Crippen LogP contribution < -0.4 is 20.1 Å². The average molecular weight is 537 g/mol. The molecule has 5 rings (SSSR count). The quantitative estimate of drug-likeness (QED) is 0.317. The molecule has 202 valence electrons. The minimum Gasteiger partial charge on any atom is -0.497 e. The number of nitrogens with two attached hydrogens (primary N) is 1. The smallest absolute Gasteiger partial charge is 0.271 e. The lowest BCUT2D eigenvalue weighted by atomic mass is 9.71. The number of nitro groups is 1. The number of carbonyl (C=O) groups is 1. The number of aryl methyl sites for hydroxylation is 1. The number of hydrogen-bond donors (Lipinski definition) is 1. The van der Waals surface area contributed by atoms with E-state index in [0.29, 0.717) is 46.0 Å². The van der Waals surface area contributed by atoms with E-state index in [0.717, 1.165) is 5.56 Å². The number of non-ortho nitro benzene ring substituents is 1. The largest absolute Gasteiger partial charge is 0.497 e. The monoisotopic (exact) mass is 536 g/mol. The molecule has 1 aliphatic carbocycles. The van der Waals surface area contributed by atoms with Crippen molar-refractivity contribution in [3.05, 3.63) is 116 Å². The summed E-state index contributed by atoms with van der Waals surface area (Å²) in [6.45, 7) is 1.82. The van der Waals surface area contributed by atoms with E-state index >= 15 is 0 Å². The van der Waals surface area contributed by atoms with Crippen LogP contribution in [0.25, 0.3) is 0 Å². The Balaban J connectivity index is 1.79. The van der Waals surface area contributed by atoms with Gasteiger partial charge in [-0.1, -0.05) is 42.5 Å². The summed E-state index contributed by atoms with van der Waals surface area (Å²) >= 11 is 0. The molecule has 0 amide bonds. The van der Waals surface area contributed by atoms with Crippen molar-refractivity contribution in [3.63, 3.8) is 0 Å². The van der Waals surface area contributed by atoms with E-state index in [1.54, 1.807) is 36.3 Å². The van der Waals surface area contributed by atoms with Crippen LogP contribution in [0, 0.1) is 28.4 Å². The predicted molar refractivity (Wildman–Crippen MR) is 150 cm³/mol. The third-order valence-electron chi connectivity index (χ3n) is 7.63. The zero-order valence-corrected chi connectivity index (χ0v) is 22.4. The molecule has 3 aromatic rings. The highest BCUT2D eigenvalue weighted by atomic mass is 16.6. The van der Waals surface area contributed by atoms with Crippen molar-refractivity contribution in [1.82, 2.24) is 0 Å². The third kappa shape index (κ3) is 4.43. The van der Waals surface area contributed by atoms with Crippen LogP contribution in [0.3, 0.4) is 0 Å². The molecule has 9 heteroatoms. The van der Waals surface area contributed by atoms with Gasteiger partial charge in [0.15, 0.2) is 5.78 Å². The fraction of sp³-hybridized carbons (Fsp3) is 0.226. The van der Waals surface area contributed by atoms with Gasteiger partial charge in [-0.15, -0.1) is 0 Å². The van der Waals surface area contributed by atoms with Crippen LogP contribution in [0.1, 0.15) is 41.4 Å². The molecule has 0 unspecified atom stereocenters. The number of ketones is 1. The zero-order chi connectivity index (χ0) is 28.6. The van der Waals surface area contributed by atoms with Gasteiger partial charge in [0.05, 0.1) is 42.4 Å². The van der Waals surface area contributed by atoms with Crippen molar-refractivity contribution in [2.45, 2.75) is 31.6 Å². The number of Topliss-reactive ketones (excluding diaryl/α,β-unsaturated/α-hetero) is 1. The highest BCUT2D eigenvalue weighted by Gasteiger charge is 2.44. The van der Waals surface area contributed by atoms with Crippen LogP contribution in [-0.4, -0.2) is 24.9 Å². The molecule has 2 aliphatic rings. The Hall–Kier alpha value is -5.10. The second-order valence-electron chi connectivity index (χ2n) is 9.81. The number of benzene rings is 3. The Morgan fingerprint density at radius 2 is 1.80 bits per heavy atom. The van der Waals surface area contributed by atoms with Crippen molar-refractivity contribution < 1.29 is 19.2 Å². The first kappa shape index (κ1) is 26.5. The highest BCUT2D eigenvalue weighted by Crippen LogP contribution is 2.51. The van der Waals surface area contributed by atoms with Crippen molar-refractivity contribution in [1.29, 1.82) is 5.26 Å². The molecule has 0 spiro atoms. The summed E-state index contributed by atoms with van der Waals surface area (Å²) in [5.41, 5.74) is 10.7. The van der Waals surface area contributed by atoms with Gasteiger partial charge in [0.1, 0.15) is 17.3 Å². The van der Waals surface area contributed by atoms with Crippen LogP contribution in [0.5, 0.6) is 11.5 Å². The molecular formula is C31H28N4O5. The van der Waals surface area contributed by atoms with E-state index in [9.17, 15) is 20.2 Å². The minimum absolute atomic E-state index is 0.116. The fourth-order valence-corrected chi connectivity index (χ4v) is 5.69. The molecule has 1 heterocycles. The molecule has 9 nitrogen and oxygen atoms in total. The molecule has 2 atom stereocenters. The van der Waals surface area contributed by atoms with Crippen molar-refractivity contribution in [2.75, 3.05) is 19.1 Å². The number of hydrogen-bond acceptors (Lipinski definition) is 8. The van der Waals surface area contributed by atoms with Crippen molar-refractivity contribution in [2.24, 2.45) is 5.73 Å². The number of carbonyl (C=O) groups excluding carboxylic acids is 1. The predicted octanol–water partition coefficient (Wildman–Crippen LogP) is 5.62. The number of nitro benzene ring substituents is 1. The molecular weight excluding hydrogens is 508 g/mol. The molecule has 0 saturated carbocycles. The van der Waals surface area contributed by atoms with Gasteiger partial charge in [-0.2, -0.15) is 5.26 Å². The number of nitriles is 1. The van der Waals surface area contributed by atoms with Gasteiger partial charge in [-0.05, 0) is 36.5 Å². The van der Waals surface area contributed by atoms with Gasteiger partial charge < -0.3 is 15.2 Å². The van der Waals surface area contributed by atoms with Crippen molar-refractivity contribution in [3.8, 4) is 17.6 Å². The van der Waals surface area contributed by atoms with E-state index < -0.39 is 10.8 Å². The number of anilines is 1. The summed E-state index contributed by atoms with van der Waals surface area (Å²) in [5, 5.41) is 22.1. The van der Waals surface area contributed by atoms with Crippen LogP contribution in [-0.2, 0) is 4.79 Å². The number of rotatable bonds is 6. The lowest BCUT2D eigenvalue weighted by Crippen LogP contribution is -2.40. The Labute approximate surface area is 231 Å². The van der Waals surface area contributed by atoms with E-state index in [4.69, 9.17) is 15.2 Å². The van der Waals surface area contributed by atoms with Crippen LogP contribution in [0.2, 0.25) is 0 Å². The summed E-state index contributed by atoms with van der Waals surface area (Å²) in [6.07, 6.45) is 0.694. The standard InChI is InChI=1S/C31H28N4O5/c1-18-9-10-21(35(37)38)15-25(18)34-26-13-20(19-7-5-4-6-8-19)14-27(36)30(26)29(24(17-32)31(34)33)23-12-11-22(39-2)16-28(23)40-3/h4-12,15-16,20,29H,13-14,33H2,1-3H3/t20-,29-/m1/s1. The van der Waals surface area contributed by atoms with Gasteiger partial charge in [0.25, 0.3) is 5.69 Å². The lowest BCUT2D eigenvalue weighted by Gasteiger charge is -2.42. The minimum atomic E-state index is -0.777. The summed E-state index contributed by atoms with van der Waals surface area (Å²) in [4.78, 5) is 27.0. The normalized spacial score (nSPS) is 18.8. The Bertz CT molecular complexity index is 1620. The summed E-state index contributed by atoms with van der Waals surface area (Å²) in [7, 11) is 3.06. The zero-order valence-electron chi connectivity index (χ0n) is 22.4. The molecule has 0 bridgehead atoms. The molecule has 2 N–H and O–H groups in total. The molecule has 0 aromatic heterocycles. The van der Waals surface area contributed by atoms with Gasteiger partial charge in [-0.25, -0.2) is 0 Å². The maximum absolute atomic E-state index is 14.1. The Morgan fingerprint density at radius 3 is 2.45 bits per heavy atom. The molecule has 0 fully saturated rings. The van der Waals surface area contributed by atoms with Crippen LogP contribution in [0.15, 0.2) is 89.4 Å². The molecule has 1 aliphatic heterocycles.